The van der Waals surface area contributed by atoms with Gasteiger partial charge in [-0.1, -0.05) is 28.0 Å². The molecule has 114 valence electrons. The second kappa shape index (κ2) is 7.09. The molecule has 0 fully saturated rings. The van der Waals surface area contributed by atoms with Crippen LogP contribution < -0.4 is 10.5 Å². The largest absolute Gasteiger partial charge is 0.485 e. The molecule has 2 aromatic rings. The average Bonchev–Trinajstić information content (AvgIpc) is 2.83. The Kier molecular flexibility index (Phi) is 5.42. The quantitative estimate of drug-likeness (QED) is 0.855. The first-order valence-electron chi connectivity index (χ1n) is 7.09. The maximum absolute atomic E-state index is 6.09. The van der Waals surface area contributed by atoms with Gasteiger partial charge in [-0.05, 0) is 49.9 Å². The summed E-state index contributed by atoms with van der Waals surface area (Å²) in [4.78, 5) is 0. The molecule has 0 radical (unpaired) electrons. The lowest BCUT2D eigenvalue weighted by Gasteiger charge is -2.16. The standard InChI is InChI=1S/C16H21BrN2O2/c1-4-14(18)8-12-7-13(17)5-10(2)16(12)20-9-15-6-11(3)19-21-15/h5-7,14H,4,8-9,18H2,1-3H3. The molecular weight excluding hydrogens is 332 g/mol. The first kappa shape index (κ1) is 16.0. The molecule has 2 rings (SSSR count). The topological polar surface area (TPSA) is 61.3 Å². The second-order valence-electron chi connectivity index (χ2n) is 5.31. The molecule has 0 saturated heterocycles. The van der Waals surface area contributed by atoms with E-state index in [9.17, 15) is 0 Å². The van der Waals surface area contributed by atoms with Crippen LogP contribution in [0.2, 0.25) is 0 Å². The summed E-state index contributed by atoms with van der Waals surface area (Å²) in [7, 11) is 0. The number of ether oxygens (including phenoxy) is 1. The fourth-order valence-corrected chi connectivity index (χ4v) is 2.83. The number of aryl methyl sites for hydroxylation is 2. The summed E-state index contributed by atoms with van der Waals surface area (Å²) in [6.07, 6.45) is 1.73. The van der Waals surface area contributed by atoms with E-state index in [-0.39, 0.29) is 6.04 Å². The molecule has 1 aromatic carbocycles. The van der Waals surface area contributed by atoms with E-state index < -0.39 is 0 Å². The number of benzene rings is 1. The summed E-state index contributed by atoms with van der Waals surface area (Å²) >= 11 is 3.53. The van der Waals surface area contributed by atoms with Gasteiger partial charge in [0.15, 0.2) is 5.76 Å². The van der Waals surface area contributed by atoms with Crippen molar-refractivity contribution in [3.05, 3.63) is 45.3 Å². The molecule has 0 aliphatic rings. The van der Waals surface area contributed by atoms with Crippen LogP contribution in [0.5, 0.6) is 5.75 Å². The summed E-state index contributed by atoms with van der Waals surface area (Å²) in [5.41, 5.74) is 9.14. The Bertz CT molecular complexity index is 610. The summed E-state index contributed by atoms with van der Waals surface area (Å²) in [5.74, 6) is 1.61. The monoisotopic (exact) mass is 352 g/mol. The number of hydrogen-bond donors (Lipinski definition) is 1. The molecule has 4 nitrogen and oxygen atoms in total. The van der Waals surface area contributed by atoms with Crippen molar-refractivity contribution >= 4 is 15.9 Å². The molecule has 1 aromatic heterocycles. The lowest BCUT2D eigenvalue weighted by Crippen LogP contribution is -2.22. The molecular formula is C16H21BrN2O2. The zero-order valence-electron chi connectivity index (χ0n) is 12.6. The SMILES string of the molecule is CCC(N)Cc1cc(Br)cc(C)c1OCc1cc(C)no1. The molecule has 1 atom stereocenters. The lowest BCUT2D eigenvalue weighted by molar-refractivity contribution is 0.245. The zero-order chi connectivity index (χ0) is 15.4. The molecule has 21 heavy (non-hydrogen) atoms. The fourth-order valence-electron chi connectivity index (χ4n) is 2.21. The van der Waals surface area contributed by atoms with E-state index in [0.29, 0.717) is 6.61 Å². The van der Waals surface area contributed by atoms with Crippen LogP contribution in [0.15, 0.2) is 27.2 Å². The number of nitrogens with zero attached hydrogens (tertiary/aromatic N) is 1. The van der Waals surface area contributed by atoms with Crippen molar-refractivity contribution in [3.8, 4) is 5.75 Å². The van der Waals surface area contributed by atoms with Gasteiger partial charge >= 0.3 is 0 Å². The van der Waals surface area contributed by atoms with Gasteiger partial charge in [-0.15, -0.1) is 0 Å². The van der Waals surface area contributed by atoms with Gasteiger partial charge in [0.2, 0.25) is 0 Å². The number of halogens is 1. The summed E-state index contributed by atoms with van der Waals surface area (Å²) in [6.45, 7) is 6.39. The Morgan fingerprint density at radius 1 is 1.33 bits per heavy atom. The Hall–Kier alpha value is -1.33. The second-order valence-corrected chi connectivity index (χ2v) is 6.22. The molecule has 2 N–H and O–H groups in total. The van der Waals surface area contributed by atoms with Crippen LogP contribution in [0.3, 0.4) is 0 Å². The summed E-state index contributed by atoms with van der Waals surface area (Å²) in [6, 6.07) is 6.13. The van der Waals surface area contributed by atoms with Gasteiger partial charge in [0.05, 0.1) is 5.69 Å². The van der Waals surface area contributed by atoms with Crippen molar-refractivity contribution in [2.24, 2.45) is 5.73 Å². The molecule has 5 heteroatoms. The van der Waals surface area contributed by atoms with E-state index in [0.717, 1.165) is 45.6 Å². The summed E-state index contributed by atoms with van der Waals surface area (Å²) < 4.78 is 12.2. The third-order valence-electron chi connectivity index (χ3n) is 3.36. The molecule has 0 spiro atoms. The van der Waals surface area contributed by atoms with Crippen LogP contribution in [0.25, 0.3) is 0 Å². The minimum atomic E-state index is 0.133. The molecule has 1 heterocycles. The van der Waals surface area contributed by atoms with E-state index in [1.54, 1.807) is 0 Å². The number of hydrogen-bond acceptors (Lipinski definition) is 4. The first-order valence-corrected chi connectivity index (χ1v) is 7.88. The maximum atomic E-state index is 6.09. The van der Waals surface area contributed by atoms with E-state index in [4.69, 9.17) is 15.0 Å². The normalized spacial score (nSPS) is 12.4. The van der Waals surface area contributed by atoms with E-state index in [1.165, 1.54) is 0 Å². The van der Waals surface area contributed by atoms with Crippen molar-refractivity contribution in [2.75, 3.05) is 0 Å². The van der Waals surface area contributed by atoms with Gasteiger partial charge in [-0.3, -0.25) is 0 Å². The Morgan fingerprint density at radius 3 is 2.71 bits per heavy atom. The molecule has 0 bridgehead atoms. The third-order valence-corrected chi connectivity index (χ3v) is 3.82. The van der Waals surface area contributed by atoms with E-state index in [1.807, 2.05) is 26.0 Å². The highest BCUT2D eigenvalue weighted by Gasteiger charge is 2.13. The first-order chi connectivity index (χ1) is 9.99. The Morgan fingerprint density at radius 2 is 2.10 bits per heavy atom. The maximum Gasteiger partial charge on any atom is 0.174 e. The van der Waals surface area contributed by atoms with Crippen LogP contribution in [-0.4, -0.2) is 11.2 Å². The molecule has 0 aliphatic heterocycles. The van der Waals surface area contributed by atoms with E-state index >= 15 is 0 Å². The number of nitrogens with two attached hydrogens (primary N) is 1. The predicted molar refractivity (Wildman–Crippen MR) is 86.4 cm³/mol. The molecule has 1 unspecified atom stereocenters. The highest BCUT2D eigenvalue weighted by Crippen LogP contribution is 2.30. The van der Waals surface area contributed by atoms with Crippen molar-refractivity contribution in [2.45, 2.75) is 46.3 Å². The Labute approximate surface area is 133 Å². The van der Waals surface area contributed by atoms with Crippen LogP contribution in [0.4, 0.5) is 0 Å². The van der Waals surface area contributed by atoms with Gasteiger partial charge < -0.3 is 15.0 Å². The van der Waals surface area contributed by atoms with Gasteiger partial charge in [-0.25, -0.2) is 0 Å². The van der Waals surface area contributed by atoms with Crippen molar-refractivity contribution < 1.29 is 9.26 Å². The van der Waals surface area contributed by atoms with Crippen LogP contribution in [-0.2, 0) is 13.0 Å². The van der Waals surface area contributed by atoms with Crippen molar-refractivity contribution in [1.29, 1.82) is 0 Å². The molecule has 0 aliphatic carbocycles. The van der Waals surface area contributed by atoms with Gasteiger partial charge in [0.25, 0.3) is 0 Å². The average molecular weight is 353 g/mol. The van der Waals surface area contributed by atoms with Crippen molar-refractivity contribution in [3.63, 3.8) is 0 Å². The van der Waals surface area contributed by atoms with Crippen LogP contribution in [0, 0.1) is 13.8 Å². The molecule has 0 saturated carbocycles. The Balaban J connectivity index is 2.19. The number of aromatic nitrogens is 1. The fraction of sp³-hybridized carbons (Fsp3) is 0.438. The van der Waals surface area contributed by atoms with Crippen LogP contribution in [0.1, 0.15) is 35.9 Å². The van der Waals surface area contributed by atoms with Gasteiger partial charge in [0.1, 0.15) is 12.4 Å². The minimum absolute atomic E-state index is 0.133. The highest BCUT2D eigenvalue weighted by molar-refractivity contribution is 9.10. The lowest BCUT2D eigenvalue weighted by atomic mass is 10.0. The van der Waals surface area contributed by atoms with Crippen LogP contribution >= 0.6 is 15.9 Å². The van der Waals surface area contributed by atoms with Gasteiger partial charge in [0, 0.05) is 16.6 Å². The predicted octanol–water partition coefficient (Wildman–Crippen LogP) is 3.91. The van der Waals surface area contributed by atoms with Gasteiger partial charge in [-0.2, -0.15) is 0 Å². The third kappa shape index (κ3) is 4.32. The van der Waals surface area contributed by atoms with E-state index in [2.05, 4.69) is 34.1 Å². The number of rotatable bonds is 6. The zero-order valence-corrected chi connectivity index (χ0v) is 14.2. The summed E-state index contributed by atoms with van der Waals surface area (Å²) in [5, 5.41) is 3.87. The minimum Gasteiger partial charge on any atom is -0.485 e. The smallest absolute Gasteiger partial charge is 0.174 e. The molecule has 0 amide bonds. The van der Waals surface area contributed by atoms with Crippen molar-refractivity contribution in [1.82, 2.24) is 5.16 Å². The highest BCUT2D eigenvalue weighted by atomic mass is 79.9.